The monoisotopic (exact) mass is 240 g/mol. The maximum atomic E-state index is 12.3. The third-order valence-corrected chi connectivity index (χ3v) is 3.93. The first-order chi connectivity index (χ1) is 8.17. The summed E-state index contributed by atoms with van der Waals surface area (Å²) in [6.45, 7) is 7.08. The quantitative estimate of drug-likeness (QED) is 0.813. The summed E-state index contributed by atoms with van der Waals surface area (Å²) in [5, 5.41) is 3.44. The Balaban J connectivity index is 2.09. The van der Waals surface area contributed by atoms with Crippen LogP contribution in [0.3, 0.4) is 0 Å². The van der Waals surface area contributed by atoms with Crippen molar-refractivity contribution in [2.45, 2.75) is 70.8 Å². The van der Waals surface area contributed by atoms with Gasteiger partial charge in [0.15, 0.2) is 0 Å². The first-order valence-corrected chi connectivity index (χ1v) is 6.87. The predicted octanol–water partition coefficient (Wildman–Crippen LogP) is 1.50. The summed E-state index contributed by atoms with van der Waals surface area (Å²) < 4.78 is 5.57. The zero-order valence-electron chi connectivity index (χ0n) is 11.1. The molecule has 17 heavy (non-hydrogen) atoms. The average Bonchev–Trinajstić information content (AvgIpc) is 2.65. The van der Waals surface area contributed by atoms with Gasteiger partial charge < -0.3 is 9.64 Å². The number of nitrogens with one attached hydrogen (secondary N) is 1. The largest absolute Gasteiger partial charge is 0.378 e. The Morgan fingerprint density at radius 3 is 2.76 bits per heavy atom. The van der Waals surface area contributed by atoms with Gasteiger partial charge in [-0.3, -0.25) is 10.1 Å². The topological polar surface area (TPSA) is 41.6 Å². The Bertz CT molecular complexity index is 283. The Hall–Kier alpha value is -0.610. The van der Waals surface area contributed by atoms with Crippen LogP contribution in [0.5, 0.6) is 0 Å². The molecule has 2 aliphatic rings. The Labute approximate surface area is 104 Å². The van der Waals surface area contributed by atoms with Crippen LogP contribution in [0.1, 0.15) is 46.5 Å². The number of ether oxygens (including phenoxy) is 1. The second-order valence-electron chi connectivity index (χ2n) is 5.16. The van der Waals surface area contributed by atoms with Crippen molar-refractivity contribution in [3.63, 3.8) is 0 Å². The third kappa shape index (κ3) is 2.47. The molecule has 0 radical (unpaired) electrons. The number of rotatable bonds is 3. The third-order valence-electron chi connectivity index (χ3n) is 3.93. The number of carbonyl (C=O) groups excluding carboxylic acids is 1. The van der Waals surface area contributed by atoms with Crippen LogP contribution in [0.25, 0.3) is 0 Å². The zero-order chi connectivity index (χ0) is 12.4. The fraction of sp³-hybridized carbons (Fsp3) is 0.923. The van der Waals surface area contributed by atoms with Crippen LogP contribution in [0.4, 0.5) is 0 Å². The minimum Gasteiger partial charge on any atom is -0.378 e. The van der Waals surface area contributed by atoms with E-state index in [4.69, 9.17) is 4.74 Å². The lowest BCUT2D eigenvalue weighted by atomic mass is 10.0. The van der Waals surface area contributed by atoms with Crippen LogP contribution in [-0.4, -0.2) is 41.8 Å². The molecule has 2 heterocycles. The summed E-state index contributed by atoms with van der Waals surface area (Å²) in [4.78, 5) is 14.4. The van der Waals surface area contributed by atoms with E-state index in [1.807, 2.05) is 0 Å². The van der Waals surface area contributed by atoms with E-state index in [1.54, 1.807) is 0 Å². The molecular formula is C13H24N2O2. The molecule has 0 bridgehead atoms. The van der Waals surface area contributed by atoms with Crippen molar-refractivity contribution in [1.29, 1.82) is 0 Å². The summed E-state index contributed by atoms with van der Waals surface area (Å²) in [5.74, 6) is 0.290. The standard InChI is InChI=1S/C13H24N2O2/c1-4-11-13(16)15(12(5-2)14-11)10-6-7-17-9(3)8-10/h9-12,14H,4-8H2,1-3H3. The summed E-state index contributed by atoms with van der Waals surface area (Å²) in [7, 11) is 0. The molecule has 4 nitrogen and oxygen atoms in total. The molecule has 1 amide bonds. The maximum absolute atomic E-state index is 12.3. The van der Waals surface area contributed by atoms with E-state index in [-0.39, 0.29) is 18.3 Å². The fourth-order valence-corrected chi connectivity index (χ4v) is 2.99. The van der Waals surface area contributed by atoms with Crippen LogP contribution in [-0.2, 0) is 9.53 Å². The fourth-order valence-electron chi connectivity index (χ4n) is 2.99. The second-order valence-corrected chi connectivity index (χ2v) is 5.16. The highest BCUT2D eigenvalue weighted by atomic mass is 16.5. The van der Waals surface area contributed by atoms with Crippen molar-refractivity contribution in [2.24, 2.45) is 0 Å². The summed E-state index contributed by atoms with van der Waals surface area (Å²) in [6, 6.07) is 0.387. The molecule has 0 aromatic rings. The number of nitrogens with zero attached hydrogens (tertiary/aromatic N) is 1. The Morgan fingerprint density at radius 1 is 1.41 bits per heavy atom. The number of hydrogen-bond donors (Lipinski definition) is 1. The first-order valence-electron chi connectivity index (χ1n) is 6.87. The molecule has 0 aromatic heterocycles. The van der Waals surface area contributed by atoms with Gasteiger partial charge in [0.05, 0.1) is 18.3 Å². The minimum absolute atomic E-state index is 0.0260. The summed E-state index contributed by atoms with van der Waals surface area (Å²) in [6.07, 6.45) is 4.31. The van der Waals surface area contributed by atoms with Crippen LogP contribution >= 0.6 is 0 Å². The minimum atomic E-state index is 0.0260. The molecule has 2 fully saturated rings. The van der Waals surface area contributed by atoms with E-state index in [2.05, 4.69) is 31.0 Å². The Kier molecular flexibility index (Phi) is 4.05. The van der Waals surface area contributed by atoms with Gasteiger partial charge in [-0.2, -0.15) is 0 Å². The molecule has 0 aliphatic carbocycles. The van der Waals surface area contributed by atoms with Crippen LogP contribution in [0.2, 0.25) is 0 Å². The van der Waals surface area contributed by atoms with Crippen molar-refractivity contribution < 1.29 is 9.53 Å². The van der Waals surface area contributed by atoms with Crippen LogP contribution < -0.4 is 5.32 Å². The van der Waals surface area contributed by atoms with Crippen molar-refractivity contribution in [1.82, 2.24) is 10.2 Å². The second kappa shape index (κ2) is 5.36. The molecule has 2 rings (SSSR count). The SMILES string of the molecule is CCC1NC(CC)N(C2CCOC(C)C2)C1=O. The van der Waals surface area contributed by atoms with E-state index in [0.717, 1.165) is 32.3 Å². The van der Waals surface area contributed by atoms with Gasteiger partial charge in [0, 0.05) is 12.6 Å². The molecule has 4 atom stereocenters. The van der Waals surface area contributed by atoms with Gasteiger partial charge in [0.1, 0.15) is 0 Å². The molecule has 2 aliphatic heterocycles. The van der Waals surface area contributed by atoms with Gasteiger partial charge in [0.2, 0.25) is 5.91 Å². The van der Waals surface area contributed by atoms with Gasteiger partial charge in [-0.15, -0.1) is 0 Å². The Morgan fingerprint density at radius 2 is 2.18 bits per heavy atom. The van der Waals surface area contributed by atoms with Gasteiger partial charge in [-0.05, 0) is 32.6 Å². The molecule has 0 spiro atoms. The smallest absolute Gasteiger partial charge is 0.241 e. The van der Waals surface area contributed by atoms with Crippen molar-refractivity contribution in [2.75, 3.05) is 6.61 Å². The van der Waals surface area contributed by atoms with Gasteiger partial charge in [-0.25, -0.2) is 0 Å². The zero-order valence-corrected chi connectivity index (χ0v) is 11.1. The lowest BCUT2D eigenvalue weighted by Crippen LogP contribution is -2.48. The molecule has 0 saturated carbocycles. The van der Waals surface area contributed by atoms with Crippen molar-refractivity contribution >= 4 is 5.91 Å². The van der Waals surface area contributed by atoms with Crippen LogP contribution in [0, 0.1) is 0 Å². The summed E-state index contributed by atoms with van der Waals surface area (Å²) >= 11 is 0. The lowest BCUT2D eigenvalue weighted by molar-refractivity contribution is -0.135. The molecule has 0 aromatic carbocycles. The number of amides is 1. The predicted molar refractivity (Wildman–Crippen MR) is 66.6 cm³/mol. The van der Waals surface area contributed by atoms with E-state index in [9.17, 15) is 4.79 Å². The normalized spacial score (nSPS) is 38.8. The van der Waals surface area contributed by atoms with Crippen molar-refractivity contribution in [3.8, 4) is 0 Å². The molecule has 4 heteroatoms. The number of hydrogen-bond acceptors (Lipinski definition) is 3. The number of carbonyl (C=O) groups is 1. The highest BCUT2D eigenvalue weighted by Gasteiger charge is 2.41. The van der Waals surface area contributed by atoms with Crippen LogP contribution in [0.15, 0.2) is 0 Å². The highest BCUT2D eigenvalue weighted by Crippen LogP contribution is 2.26. The van der Waals surface area contributed by atoms with Gasteiger partial charge in [0.25, 0.3) is 0 Å². The molecule has 98 valence electrons. The summed E-state index contributed by atoms with van der Waals surface area (Å²) in [5.41, 5.74) is 0. The van der Waals surface area contributed by atoms with E-state index < -0.39 is 0 Å². The molecule has 2 saturated heterocycles. The van der Waals surface area contributed by atoms with Crippen molar-refractivity contribution in [3.05, 3.63) is 0 Å². The van der Waals surface area contributed by atoms with E-state index >= 15 is 0 Å². The average molecular weight is 240 g/mol. The molecular weight excluding hydrogens is 216 g/mol. The lowest BCUT2D eigenvalue weighted by Gasteiger charge is -2.37. The maximum Gasteiger partial charge on any atom is 0.241 e. The highest BCUT2D eigenvalue weighted by molar-refractivity contribution is 5.84. The molecule has 4 unspecified atom stereocenters. The first kappa shape index (κ1) is 12.8. The van der Waals surface area contributed by atoms with E-state index in [1.165, 1.54) is 0 Å². The van der Waals surface area contributed by atoms with Gasteiger partial charge in [-0.1, -0.05) is 13.8 Å². The van der Waals surface area contributed by atoms with E-state index in [0.29, 0.717) is 11.9 Å². The molecule has 1 N–H and O–H groups in total. The van der Waals surface area contributed by atoms with Gasteiger partial charge >= 0.3 is 0 Å².